The molecule has 0 heterocycles. The SMILES string of the molecule is CNC(=S)NS(=O)(=O)c1cc(CCNC(=O)c2cc(Cl)ccc2OC)ccc1OCCOC.[NaH]. The molecule has 0 bridgehead atoms. The predicted octanol–water partition coefficient (Wildman–Crippen LogP) is 1.48. The van der Waals surface area contributed by atoms with E-state index in [-0.39, 0.29) is 64.4 Å². The van der Waals surface area contributed by atoms with Crippen molar-refractivity contribution in [3.05, 3.63) is 52.5 Å². The number of hydrogen-bond donors (Lipinski definition) is 3. The number of hydrogen-bond acceptors (Lipinski definition) is 7. The zero-order chi connectivity index (χ0) is 24.4. The number of nitrogens with one attached hydrogen (secondary N) is 3. The van der Waals surface area contributed by atoms with E-state index >= 15 is 0 Å². The summed E-state index contributed by atoms with van der Waals surface area (Å²) in [4.78, 5) is 12.5. The molecule has 0 aliphatic heterocycles. The maximum atomic E-state index is 12.8. The van der Waals surface area contributed by atoms with Gasteiger partial charge in [0.05, 0.1) is 19.3 Å². The van der Waals surface area contributed by atoms with E-state index in [4.69, 9.17) is 38.0 Å². The first-order valence-electron chi connectivity index (χ1n) is 9.82. The van der Waals surface area contributed by atoms with Gasteiger partial charge in [0.15, 0.2) is 5.11 Å². The number of sulfonamides is 1. The fraction of sp³-hybridized carbons (Fsp3) is 0.333. The number of amides is 1. The minimum atomic E-state index is -4.00. The zero-order valence-electron chi connectivity index (χ0n) is 18.4. The van der Waals surface area contributed by atoms with Crippen LogP contribution >= 0.6 is 23.8 Å². The van der Waals surface area contributed by atoms with Gasteiger partial charge in [0.2, 0.25) is 0 Å². The summed E-state index contributed by atoms with van der Waals surface area (Å²) >= 11 is 10.9. The van der Waals surface area contributed by atoms with Crippen molar-refractivity contribution in [1.29, 1.82) is 0 Å². The number of methoxy groups -OCH3 is 2. The van der Waals surface area contributed by atoms with E-state index in [0.717, 1.165) is 0 Å². The van der Waals surface area contributed by atoms with Crippen LogP contribution in [0, 0.1) is 0 Å². The fourth-order valence-corrected chi connectivity index (χ4v) is 4.43. The van der Waals surface area contributed by atoms with Crippen LogP contribution in [-0.4, -0.2) is 90.0 Å². The summed E-state index contributed by atoms with van der Waals surface area (Å²) in [6.45, 7) is 0.717. The van der Waals surface area contributed by atoms with Crippen LogP contribution in [-0.2, 0) is 21.2 Å². The average Bonchev–Trinajstić information content (AvgIpc) is 2.79. The van der Waals surface area contributed by atoms with Crippen LogP contribution in [0.4, 0.5) is 0 Å². The predicted molar refractivity (Wildman–Crippen MR) is 137 cm³/mol. The van der Waals surface area contributed by atoms with E-state index in [0.29, 0.717) is 34.9 Å². The summed E-state index contributed by atoms with van der Waals surface area (Å²) in [7, 11) is 0.493. The Morgan fingerprint density at radius 2 is 1.79 bits per heavy atom. The molecule has 0 aromatic heterocycles. The Hall–Kier alpha value is -1.60. The topological polar surface area (TPSA) is 115 Å². The van der Waals surface area contributed by atoms with Crippen LogP contribution in [0.3, 0.4) is 0 Å². The van der Waals surface area contributed by atoms with Crippen molar-refractivity contribution < 1.29 is 27.4 Å². The third-order valence-electron chi connectivity index (χ3n) is 4.40. The van der Waals surface area contributed by atoms with E-state index in [1.165, 1.54) is 33.4 Å². The van der Waals surface area contributed by atoms with Crippen LogP contribution in [0.15, 0.2) is 41.3 Å². The molecule has 2 rings (SSSR count). The number of thiocarbonyl (C=S) groups is 1. The van der Waals surface area contributed by atoms with Gasteiger partial charge < -0.3 is 24.8 Å². The van der Waals surface area contributed by atoms with Crippen molar-refractivity contribution >= 4 is 74.4 Å². The van der Waals surface area contributed by atoms with Gasteiger partial charge in [0, 0.05) is 25.7 Å². The van der Waals surface area contributed by atoms with Gasteiger partial charge in [-0.2, -0.15) is 0 Å². The molecule has 13 heteroatoms. The fourth-order valence-electron chi connectivity index (χ4n) is 2.77. The molecule has 0 atom stereocenters. The van der Waals surface area contributed by atoms with E-state index < -0.39 is 10.0 Å². The standard InChI is InChI=1S/C21H26ClN3O6S2.Na.H/c1-23-21(32)25-33(27,28)19-12-14(4-6-18(19)31-11-10-29-2)8-9-24-20(26)16-13-15(22)5-7-17(16)30-3;;/h4-7,12-13H,8-11H2,1-3H3,(H,24,26)(H2,23,25,32);;. The third kappa shape index (κ3) is 8.88. The van der Waals surface area contributed by atoms with E-state index in [1.807, 2.05) is 0 Å². The van der Waals surface area contributed by atoms with Gasteiger partial charge in [-0.25, -0.2) is 8.42 Å². The Bertz CT molecular complexity index is 1100. The Morgan fingerprint density at radius 3 is 2.44 bits per heavy atom. The summed E-state index contributed by atoms with van der Waals surface area (Å²) in [6.07, 6.45) is 0.367. The summed E-state index contributed by atoms with van der Waals surface area (Å²) in [5.74, 6) is 0.201. The molecule has 182 valence electrons. The van der Waals surface area contributed by atoms with Crippen LogP contribution in [0.2, 0.25) is 5.02 Å². The molecular weight excluding hydrogens is 513 g/mol. The Morgan fingerprint density at radius 1 is 1.09 bits per heavy atom. The molecule has 2 aromatic rings. The molecule has 0 radical (unpaired) electrons. The summed E-state index contributed by atoms with van der Waals surface area (Å²) in [6, 6.07) is 9.52. The normalized spacial score (nSPS) is 10.6. The van der Waals surface area contributed by atoms with Crippen molar-refractivity contribution in [3.8, 4) is 11.5 Å². The number of halogens is 1. The molecule has 0 aliphatic rings. The van der Waals surface area contributed by atoms with E-state index in [2.05, 4.69) is 15.4 Å². The first-order chi connectivity index (χ1) is 15.7. The van der Waals surface area contributed by atoms with Crippen LogP contribution in [0.5, 0.6) is 11.5 Å². The first kappa shape index (κ1) is 30.4. The molecule has 2 aromatic carbocycles. The second-order valence-electron chi connectivity index (χ2n) is 6.66. The molecular formula is C21H27ClN3NaO6S2. The minimum absolute atomic E-state index is 0. The summed E-state index contributed by atoms with van der Waals surface area (Å²) in [5, 5.41) is 5.71. The zero-order valence-corrected chi connectivity index (χ0v) is 20.8. The summed E-state index contributed by atoms with van der Waals surface area (Å²) in [5.41, 5.74) is 0.975. The van der Waals surface area contributed by atoms with Gasteiger partial charge >= 0.3 is 29.6 Å². The van der Waals surface area contributed by atoms with Crippen LogP contribution in [0.1, 0.15) is 15.9 Å². The van der Waals surface area contributed by atoms with Crippen LogP contribution < -0.4 is 24.8 Å². The Balaban J connectivity index is 0.00000578. The third-order valence-corrected chi connectivity index (χ3v) is 6.44. The molecule has 0 fully saturated rings. The van der Waals surface area contributed by atoms with E-state index in [9.17, 15) is 13.2 Å². The molecule has 34 heavy (non-hydrogen) atoms. The number of rotatable bonds is 11. The molecule has 0 aliphatic carbocycles. The molecule has 0 spiro atoms. The maximum absolute atomic E-state index is 12.8. The van der Waals surface area contributed by atoms with Crippen LogP contribution in [0.25, 0.3) is 0 Å². The van der Waals surface area contributed by atoms with Gasteiger partial charge in [0.25, 0.3) is 15.9 Å². The number of carbonyl (C=O) groups excluding carboxylic acids is 1. The number of carbonyl (C=O) groups is 1. The monoisotopic (exact) mass is 539 g/mol. The molecule has 1 amide bonds. The summed E-state index contributed by atoms with van der Waals surface area (Å²) < 4.78 is 43.7. The Kier molecular flexibility index (Phi) is 13.2. The Labute approximate surface area is 232 Å². The van der Waals surface area contributed by atoms with Gasteiger partial charge in [-0.1, -0.05) is 17.7 Å². The average molecular weight is 540 g/mol. The second-order valence-corrected chi connectivity index (χ2v) is 9.15. The molecule has 0 saturated carbocycles. The van der Waals surface area contributed by atoms with Crippen molar-refractivity contribution in [1.82, 2.24) is 15.4 Å². The van der Waals surface area contributed by atoms with Gasteiger partial charge in [-0.3, -0.25) is 9.52 Å². The van der Waals surface area contributed by atoms with Crippen molar-refractivity contribution in [3.63, 3.8) is 0 Å². The quantitative estimate of drug-likeness (QED) is 0.223. The van der Waals surface area contributed by atoms with E-state index in [1.54, 1.807) is 24.3 Å². The van der Waals surface area contributed by atoms with Gasteiger partial charge in [0.1, 0.15) is 23.0 Å². The number of ether oxygens (including phenoxy) is 3. The van der Waals surface area contributed by atoms with Gasteiger partial charge in [-0.15, -0.1) is 0 Å². The van der Waals surface area contributed by atoms with Gasteiger partial charge in [-0.05, 0) is 54.5 Å². The van der Waals surface area contributed by atoms with Crippen molar-refractivity contribution in [2.45, 2.75) is 11.3 Å². The molecule has 3 N–H and O–H groups in total. The van der Waals surface area contributed by atoms with Crippen molar-refractivity contribution in [2.24, 2.45) is 0 Å². The molecule has 9 nitrogen and oxygen atoms in total. The first-order valence-corrected chi connectivity index (χ1v) is 12.1. The molecule has 0 unspecified atom stereocenters. The molecule has 0 saturated heterocycles. The second kappa shape index (κ2) is 14.7. The number of benzene rings is 2. The van der Waals surface area contributed by atoms with Crippen molar-refractivity contribution in [2.75, 3.05) is 41.0 Å².